The van der Waals surface area contributed by atoms with E-state index in [0.717, 1.165) is 63.6 Å². The van der Waals surface area contributed by atoms with Crippen LogP contribution in [0.5, 0.6) is 0 Å². The van der Waals surface area contributed by atoms with Crippen molar-refractivity contribution in [2.75, 3.05) is 33.1 Å². The Bertz CT molecular complexity index is 673. The number of aromatic nitrogens is 2. The first-order chi connectivity index (χ1) is 12.2. The van der Waals surface area contributed by atoms with Crippen molar-refractivity contribution >= 4 is 5.71 Å². The molecule has 0 N–H and O–H groups in total. The summed E-state index contributed by atoms with van der Waals surface area (Å²) in [6, 6.07) is 0.613. The molecule has 1 aromatic rings. The maximum Gasteiger partial charge on any atom is 0.166 e. The van der Waals surface area contributed by atoms with Crippen LogP contribution in [0.15, 0.2) is 23.2 Å². The summed E-state index contributed by atoms with van der Waals surface area (Å²) in [6.07, 6.45) is 7.08. The highest BCUT2D eigenvalue weighted by Gasteiger charge is 2.28. The SMILES string of the molecule is Cc1ncc(C2=NCN(C3CCOCC3)C=C2F)n1C1CCOCC1. The van der Waals surface area contributed by atoms with Gasteiger partial charge in [0.1, 0.15) is 18.2 Å². The Balaban J connectivity index is 1.56. The molecule has 0 aromatic carbocycles. The van der Waals surface area contributed by atoms with Crippen molar-refractivity contribution in [1.82, 2.24) is 14.5 Å². The van der Waals surface area contributed by atoms with Crippen molar-refractivity contribution in [3.05, 3.63) is 29.7 Å². The normalized spacial score (nSPS) is 23.5. The number of aliphatic imine (C=N–C) groups is 1. The molecule has 2 fully saturated rings. The van der Waals surface area contributed by atoms with Gasteiger partial charge in [0.05, 0.1) is 11.9 Å². The first kappa shape index (κ1) is 16.7. The number of aryl methyl sites for hydroxylation is 1. The highest BCUT2D eigenvalue weighted by atomic mass is 19.1. The largest absolute Gasteiger partial charge is 0.381 e. The zero-order valence-electron chi connectivity index (χ0n) is 14.7. The van der Waals surface area contributed by atoms with Gasteiger partial charge >= 0.3 is 0 Å². The third-order valence-corrected chi connectivity index (χ3v) is 5.34. The molecule has 0 unspecified atom stereocenters. The highest BCUT2D eigenvalue weighted by Crippen LogP contribution is 2.28. The molecule has 2 saturated heterocycles. The Labute approximate surface area is 147 Å². The van der Waals surface area contributed by atoms with Crippen LogP contribution in [0, 0.1) is 6.92 Å². The number of allylic oxidation sites excluding steroid dienone is 1. The third kappa shape index (κ3) is 3.35. The summed E-state index contributed by atoms with van der Waals surface area (Å²) in [4.78, 5) is 11.0. The molecule has 0 spiro atoms. The summed E-state index contributed by atoms with van der Waals surface area (Å²) >= 11 is 0. The molecule has 3 aliphatic rings. The number of halogens is 1. The Kier molecular flexibility index (Phi) is 4.85. The van der Waals surface area contributed by atoms with Gasteiger partial charge < -0.3 is 18.9 Å². The van der Waals surface area contributed by atoms with E-state index in [1.165, 1.54) is 0 Å². The molecule has 4 rings (SSSR count). The third-order valence-electron chi connectivity index (χ3n) is 5.34. The minimum atomic E-state index is -0.272. The summed E-state index contributed by atoms with van der Waals surface area (Å²) in [5.74, 6) is 0.634. The highest BCUT2D eigenvalue weighted by molar-refractivity contribution is 6.10. The van der Waals surface area contributed by atoms with Crippen LogP contribution in [0.4, 0.5) is 4.39 Å². The van der Waals surface area contributed by atoms with Gasteiger partial charge in [-0.15, -0.1) is 0 Å². The fourth-order valence-corrected chi connectivity index (χ4v) is 3.95. The van der Waals surface area contributed by atoms with Gasteiger partial charge in [-0.05, 0) is 32.6 Å². The van der Waals surface area contributed by atoms with Gasteiger partial charge in [-0.1, -0.05) is 0 Å². The van der Waals surface area contributed by atoms with Crippen LogP contribution in [0.25, 0.3) is 0 Å². The van der Waals surface area contributed by atoms with Crippen molar-refractivity contribution in [2.24, 2.45) is 4.99 Å². The molecule has 0 saturated carbocycles. The molecule has 0 radical (unpaired) electrons. The van der Waals surface area contributed by atoms with E-state index in [4.69, 9.17) is 9.47 Å². The van der Waals surface area contributed by atoms with Gasteiger partial charge in [-0.2, -0.15) is 0 Å². The van der Waals surface area contributed by atoms with E-state index in [9.17, 15) is 4.39 Å². The Morgan fingerprint density at radius 1 is 1.04 bits per heavy atom. The average molecular weight is 348 g/mol. The molecule has 6 nitrogen and oxygen atoms in total. The van der Waals surface area contributed by atoms with E-state index >= 15 is 0 Å². The molecular weight excluding hydrogens is 323 g/mol. The topological polar surface area (TPSA) is 51.9 Å². The molecule has 136 valence electrons. The maximum atomic E-state index is 14.9. The van der Waals surface area contributed by atoms with Crippen LogP contribution in [0.2, 0.25) is 0 Å². The Morgan fingerprint density at radius 3 is 2.32 bits per heavy atom. The summed E-state index contributed by atoms with van der Waals surface area (Å²) in [5.41, 5.74) is 1.21. The predicted octanol–water partition coefficient (Wildman–Crippen LogP) is 2.60. The first-order valence-corrected chi connectivity index (χ1v) is 9.11. The maximum absolute atomic E-state index is 14.9. The minimum absolute atomic E-state index is 0.272. The predicted molar refractivity (Wildman–Crippen MR) is 92.3 cm³/mol. The molecule has 7 heteroatoms. The zero-order valence-corrected chi connectivity index (χ0v) is 14.7. The number of nitrogens with zero attached hydrogens (tertiary/aromatic N) is 4. The minimum Gasteiger partial charge on any atom is -0.381 e. The van der Waals surface area contributed by atoms with Crippen LogP contribution in [0.3, 0.4) is 0 Å². The van der Waals surface area contributed by atoms with Gasteiger partial charge in [0.2, 0.25) is 0 Å². The Morgan fingerprint density at radius 2 is 1.68 bits per heavy atom. The lowest BCUT2D eigenvalue weighted by Gasteiger charge is -2.34. The summed E-state index contributed by atoms with van der Waals surface area (Å²) in [5, 5.41) is 0. The zero-order chi connectivity index (χ0) is 17.2. The molecule has 0 aliphatic carbocycles. The summed E-state index contributed by atoms with van der Waals surface area (Å²) in [7, 11) is 0. The summed E-state index contributed by atoms with van der Waals surface area (Å²) < 4.78 is 27.9. The van der Waals surface area contributed by atoms with Crippen LogP contribution >= 0.6 is 0 Å². The Hall–Kier alpha value is -1.73. The van der Waals surface area contributed by atoms with E-state index < -0.39 is 0 Å². The lowest BCUT2D eigenvalue weighted by molar-refractivity contribution is 0.0493. The number of imidazole rings is 1. The van der Waals surface area contributed by atoms with Crippen LogP contribution < -0.4 is 0 Å². The number of rotatable bonds is 3. The number of hydrogen-bond donors (Lipinski definition) is 0. The molecule has 1 aromatic heterocycles. The van der Waals surface area contributed by atoms with E-state index in [0.29, 0.717) is 24.5 Å². The molecule has 0 atom stereocenters. The van der Waals surface area contributed by atoms with Crippen LogP contribution in [-0.4, -0.2) is 59.3 Å². The van der Waals surface area contributed by atoms with Gasteiger partial charge in [0, 0.05) is 44.7 Å². The fraction of sp³-hybridized carbons (Fsp3) is 0.667. The van der Waals surface area contributed by atoms with Crippen molar-refractivity contribution in [3.8, 4) is 0 Å². The number of ether oxygens (including phenoxy) is 2. The lowest BCUT2D eigenvalue weighted by atomic mass is 10.1. The van der Waals surface area contributed by atoms with Gasteiger partial charge in [0.15, 0.2) is 5.83 Å². The number of hydrogen-bond acceptors (Lipinski definition) is 5. The molecule has 0 bridgehead atoms. The van der Waals surface area contributed by atoms with Crippen LogP contribution in [-0.2, 0) is 9.47 Å². The van der Waals surface area contributed by atoms with E-state index in [-0.39, 0.29) is 5.83 Å². The second kappa shape index (κ2) is 7.25. The van der Waals surface area contributed by atoms with E-state index in [1.54, 1.807) is 12.4 Å². The second-order valence-corrected chi connectivity index (χ2v) is 6.89. The second-order valence-electron chi connectivity index (χ2n) is 6.89. The molecule has 3 aliphatic heterocycles. The summed E-state index contributed by atoms with van der Waals surface area (Å²) in [6.45, 7) is 5.42. The smallest absolute Gasteiger partial charge is 0.166 e. The standard InChI is InChI=1S/C18H25FN4O2/c1-13-20-10-17(23(13)15-4-8-25-9-5-15)18-16(19)11-22(12-21-18)14-2-6-24-7-3-14/h10-11,14-15H,2-9,12H2,1H3. The molecule has 0 amide bonds. The van der Waals surface area contributed by atoms with Crippen molar-refractivity contribution in [2.45, 2.75) is 44.7 Å². The van der Waals surface area contributed by atoms with Gasteiger partial charge in [-0.25, -0.2) is 9.37 Å². The van der Waals surface area contributed by atoms with Gasteiger partial charge in [0.25, 0.3) is 0 Å². The van der Waals surface area contributed by atoms with E-state index in [1.807, 2.05) is 11.8 Å². The van der Waals surface area contributed by atoms with E-state index in [2.05, 4.69) is 14.5 Å². The molecule has 4 heterocycles. The van der Waals surface area contributed by atoms with Crippen molar-refractivity contribution in [1.29, 1.82) is 0 Å². The van der Waals surface area contributed by atoms with Crippen LogP contribution in [0.1, 0.15) is 43.2 Å². The first-order valence-electron chi connectivity index (χ1n) is 9.11. The van der Waals surface area contributed by atoms with Gasteiger partial charge in [-0.3, -0.25) is 4.99 Å². The van der Waals surface area contributed by atoms with Crippen molar-refractivity contribution in [3.63, 3.8) is 0 Å². The molecular formula is C18H25FN4O2. The average Bonchev–Trinajstić information content (AvgIpc) is 3.04. The lowest BCUT2D eigenvalue weighted by Crippen LogP contribution is -2.38. The quantitative estimate of drug-likeness (QED) is 0.843. The monoisotopic (exact) mass is 348 g/mol. The fourth-order valence-electron chi connectivity index (χ4n) is 3.95. The van der Waals surface area contributed by atoms with Crippen molar-refractivity contribution < 1.29 is 13.9 Å². The molecule has 25 heavy (non-hydrogen) atoms.